The third-order valence-corrected chi connectivity index (χ3v) is 8.68. The lowest BCUT2D eigenvalue weighted by Crippen LogP contribution is -2.49. The number of rotatable bonds is 6. The first-order valence-corrected chi connectivity index (χ1v) is 12.9. The molecule has 8 heteroatoms. The number of piperidine rings is 1. The van der Waals surface area contributed by atoms with E-state index in [1.807, 2.05) is 20.8 Å². The van der Waals surface area contributed by atoms with Crippen molar-refractivity contribution in [2.75, 3.05) is 44.7 Å². The quantitative estimate of drug-likeness (QED) is 0.697. The van der Waals surface area contributed by atoms with E-state index >= 15 is 0 Å². The number of sulfonamides is 1. The summed E-state index contributed by atoms with van der Waals surface area (Å²) in [4.78, 5) is 15.1. The predicted octanol–water partition coefficient (Wildman–Crippen LogP) is 2.79. The van der Waals surface area contributed by atoms with Crippen molar-refractivity contribution < 1.29 is 17.9 Å². The van der Waals surface area contributed by atoms with Gasteiger partial charge in [0.15, 0.2) is 0 Å². The van der Waals surface area contributed by atoms with Gasteiger partial charge in [0.05, 0.1) is 10.3 Å². The number of benzene rings is 1. The summed E-state index contributed by atoms with van der Waals surface area (Å²) in [5, 5.41) is 2.90. The molecule has 3 aliphatic heterocycles. The van der Waals surface area contributed by atoms with Crippen LogP contribution in [0.2, 0.25) is 0 Å². The van der Waals surface area contributed by atoms with Crippen molar-refractivity contribution in [1.29, 1.82) is 0 Å². The van der Waals surface area contributed by atoms with Gasteiger partial charge in [0.2, 0.25) is 15.9 Å². The number of ether oxygens (including phenoxy) is 1. The van der Waals surface area contributed by atoms with Gasteiger partial charge in [-0.05, 0) is 82.8 Å². The van der Waals surface area contributed by atoms with Gasteiger partial charge in [-0.25, -0.2) is 13.1 Å². The molecule has 0 bridgehead atoms. The summed E-state index contributed by atoms with van der Waals surface area (Å²) in [5.41, 5.74) is 1.39. The van der Waals surface area contributed by atoms with Crippen LogP contribution in [0.3, 0.4) is 0 Å². The monoisotopic (exact) mass is 449 g/mol. The van der Waals surface area contributed by atoms with E-state index in [9.17, 15) is 13.2 Å². The lowest BCUT2D eigenvalue weighted by atomic mass is 9.79. The molecular weight excluding hydrogens is 414 g/mol. The highest BCUT2D eigenvalue weighted by Gasteiger charge is 2.41. The molecule has 3 heterocycles. The third-order valence-electron chi connectivity index (χ3n) is 7.30. The van der Waals surface area contributed by atoms with Gasteiger partial charge in [-0.3, -0.25) is 4.79 Å². The van der Waals surface area contributed by atoms with Crippen LogP contribution in [0.15, 0.2) is 17.0 Å². The molecule has 0 spiro atoms. The molecule has 2 saturated heterocycles. The minimum absolute atomic E-state index is 0.101. The molecule has 7 nitrogen and oxygen atoms in total. The van der Waals surface area contributed by atoms with Gasteiger partial charge < -0.3 is 15.0 Å². The van der Waals surface area contributed by atoms with Gasteiger partial charge in [-0.1, -0.05) is 6.42 Å². The maximum Gasteiger partial charge on any atom is 0.240 e. The average Bonchev–Trinajstić information content (AvgIpc) is 2.98. The normalized spacial score (nSPS) is 23.4. The molecule has 0 aliphatic carbocycles. The van der Waals surface area contributed by atoms with Crippen molar-refractivity contribution in [2.24, 2.45) is 5.41 Å². The fourth-order valence-corrected chi connectivity index (χ4v) is 6.35. The van der Waals surface area contributed by atoms with Crippen molar-refractivity contribution in [3.05, 3.63) is 23.3 Å². The molecule has 0 atom stereocenters. The number of hydrogen-bond donors (Lipinski definition) is 2. The Kier molecular flexibility index (Phi) is 6.20. The molecule has 172 valence electrons. The van der Waals surface area contributed by atoms with Gasteiger partial charge in [0.1, 0.15) is 0 Å². The van der Waals surface area contributed by atoms with Crippen LogP contribution in [0.4, 0.5) is 5.69 Å². The first-order valence-electron chi connectivity index (χ1n) is 11.4. The SMILES string of the molecule is Cc1cc(S(=O)(=O)NCC2(CN3CCCCC3)CCOCC2)cc2c1NC(=O)C2(C)C. The van der Waals surface area contributed by atoms with Crippen molar-refractivity contribution in [3.63, 3.8) is 0 Å². The Hall–Kier alpha value is -1.48. The Morgan fingerprint density at radius 2 is 1.81 bits per heavy atom. The van der Waals surface area contributed by atoms with E-state index in [-0.39, 0.29) is 16.2 Å². The number of likely N-dealkylation sites (tertiary alicyclic amines) is 1. The fourth-order valence-electron chi connectivity index (χ4n) is 5.08. The van der Waals surface area contributed by atoms with Crippen molar-refractivity contribution in [1.82, 2.24) is 9.62 Å². The van der Waals surface area contributed by atoms with E-state index in [1.54, 1.807) is 12.1 Å². The highest BCUT2D eigenvalue weighted by atomic mass is 32.2. The molecule has 2 fully saturated rings. The number of carbonyl (C=O) groups excluding carboxylic acids is 1. The number of anilines is 1. The molecule has 0 unspecified atom stereocenters. The minimum Gasteiger partial charge on any atom is -0.381 e. The van der Waals surface area contributed by atoms with Gasteiger partial charge >= 0.3 is 0 Å². The van der Waals surface area contributed by atoms with Crippen LogP contribution in [0.25, 0.3) is 0 Å². The molecule has 1 aromatic carbocycles. The summed E-state index contributed by atoms with van der Waals surface area (Å²) >= 11 is 0. The lowest BCUT2D eigenvalue weighted by molar-refractivity contribution is -0.119. The zero-order chi connectivity index (χ0) is 22.3. The number of aryl methyl sites for hydroxylation is 1. The number of amides is 1. The van der Waals surface area contributed by atoms with Crippen molar-refractivity contribution in [2.45, 2.75) is 63.2 Å². The van der Waals surface area contributed by atoms with Crippen LogP contribution in [0, 0.1) is 12.3 Å². The Bertz CT molecular complexity index is 946. The molecule has 4 rings (SSSR count). The molecule has 3 aliphatic rings. The average molecular weight is 450 g/mol. The highest BCUT2D eigenvalue weighted by Crippen LogP contribution is 2.41. The molecule has 1 aromatic rings. The molecule has 0 aromatic heterocycles. The molecule has 31 heavy (non-hydrogen) atoms. The van der Waals surface area contributed by atoms with E-state index in [0.29, 0.717) is 19.8 Å². The van der Waals surface area contributed by atoms with E-state index in [1.165, 1.54) is 19.3 Å². The number of carbonyl (C=O) groups is 1. The second-order valence-corrected chi connectivity index (χ2v) is 11.8. The standard InChI is InChI=1S/C23H35N3O4S/c1-17-13-18(14-19-20(17)25-21(27)22(19,2)3)31(28,29)24-15-23(7-11-30-12-8-23)16-26-9-5-4-6-10-26/h13-14,24H,4-12,15-16H2,1-3H3,(H,25,27). The zero-order valence-corrected chi connectivity index (χ0v) is 19.7. The topological polar surface area (TPSA) is 87.7 Å². The second-order valence-electron chi connectivity index (χ2n) is 10.0. The smallest absolute Gasteiger partial charge is 0.240 e. The highest BCUT2D eigenvalue weighted by molar-refractivity contribution is 7.89. The van der Waals surface area contributed by atoms with E-state index < -0.39 is 15.4 Å². The summed E-state index contributed by atoms with van der Waals surface area (Å²) in [6.07, 6.45) is 5.44. The summed E-state index contributed by atoms with van der Waals surface area (Å²) in [7, 11) is -3.70. The molecule has 0 saturated carbocycles. The number of nitrogens with one attached hydrogen (secondary N) is 2. The number of nitrogens with zero attached hydrogens (tertiary/aromatic N) is 1. The first-order chi connectivity index (χ1) is 14.6. The van der Waals surface area contributed by atoms with Gasteiger partial charge in [0.25, 0.3) is 0 Å². The van der Waals surface area contributed by atoms with Crippen molar-refractivity contribution >= 4 is 21.6 Å². The van der Waals surface area contributed by atoms with Crippen LogP contribution >= 0.6 is 0 Å². The van der Waals surface area contributed by atoms with Crippen LogP contribution in [0.5, 0.6) is 0 Å². The van der Waals surface area contributed by atoms with Crippen LogP contribution in [-0.2, 0) is 25.0 Å². The summed E-state index contributed by atoms with van der Waals surface area (Å²) in [5.74, 6) is -0.101. The largest absolute Gasteiger partial charge is 0.381 e. The summed E-state index contributed by atoms with van der Waals surface area (Å²) in [6, 6.07) is 3.31. The van der Waals surface area contributed by atoms with E-state index in [2.05, 4.69) is 14.9 Å². The Labute approximate surface area is 186 Å². The molecule has 1 amide bonds. The Morgan fingerprint density at radius 1 is 1.13 bits per heavy atom. The van der Waals surface area contributed by atoms with Gasteiger partial charge in [-0.15, -0.1) is 0 Å². The van der Waals surface area contributed by atoms with Crippen LogP contribution < -0.4 is 10.0 Å². The maximum absolute atomic E-state index is 13.3. The Balaban J connectivity index is 1.55. The first kappa shape index (κ1) is 22.7. The fraction of sp³-hybridized carbons (Fsp3) is 0.696. The Morgan fingerprint density at radius 3 is 2.48 bits per heavy atom. The third kappa shape index (κ3) is 4.53. The summed E-state index contributed by atoms with van der Waals surface area (Å²) < 4.78 is 35.1. The van der Waals surface area contributed by atoms with E-state index in [0.717, 1.165) is 49.3 Å². The molecular formula is C23H35N3O4S. The van der Waals surface area contributed by atoms with Crippen LogP contribution in [0.1, 0.15) is 57.1 Å². The summed E-state index contributed by atoms with van der Waals surface area (Å²) in [6.45, 7) is 10.4. The lowest BCUT2D eigenvalue weighted by Gasteiger charge is -2.42. The van der Waals surface area contributed by atoms with Crippen molar-refractivity contribution in [3.8, 4) is 0 Å². The maximum atomic E-state index is 13.3. The minimum atomic E-state index is -3.70. The number of fused-ring (bicyclic) bond motifs is 1. The molecule has 2 N–H and O–H groups in total. The van der Waals surface area contributed by atoms with Crippen LogP contribution in [-0.4, -0.2) is 58.6 Å². The van der Waals surface area contributed by atoms with E-state index in [4.69, 9.17) is 4.74 Å². The number of hydrogen-bond acceptors (Lipinski definition) is 5. The van der Waals surface area contributed by atoms with Gasteiger partial charge in [0, 0.05) is 37.4 Å². The zero-order valence-electron chi connectivity index (χ0n) is 18.9. The predicted molar refractivity (Wildman–Crippen MR) is 121 cm³/mol. The van der Waals surface area contributed by atoms with Gasteiger partial charge in [-0.2, -0.15) is 0 Å². The second kappa shape index (κ2) is 8.46. The molecule has 0 radical (unpaired) electrons.